The molecule has 0 amide bonds. The third-order valence-corrected chi connectivity index (χ3v) is 5.19. The smallest absolute Gasteiger partial charge is 0.255 e. The number of fused-ring (bicyclic) bond motifs is 1. The lowest BCUT2D eigenvalue weighted by Crippen LogP contribution is -2.41. The van der Waals surface area contributed by atoms with E-state index < -0.39 is 9.84 Å². The van der Waals surface area contributed by atoms with Gasteiger partial charge in [-0.3, -0.25) is 0 Å². The van der Waals surface area contributed by atoms with Crippen LogP contribution in [-0.2, 0) is 9.84 Å². The second-order valence-corrected chi connectivity index (χ2v) is 7.12. The number of anilines is 1. The zero-order chi connectivity index (χ0) is 13.6. The average molecular weight is 302 g/mol. The molecule has 0 N–H and O–H groups in total. The fourth-order valence-electron chi connectivity index (χ4n) is 2.18. The summed E-state index contributed by atoms with van der Waals surface area (Å²) >= 11 is 6.09. The van der Waals surface area contributed by atoms with Crippen molar-refractivity contribution < 1.29 is 8.42 Å². The summed E-state index contributed by atoms with van der Waals surface area (Å²) in [6, 6.07) is 0. The van der Waals surface area contributed by atoms with Crippen LogP contribution in [0.4, 0.5) is 5.82 Å². The predicted molar refractivity (Wildman–Crippen MR) is 71.4 cm³/mol. The summed E-state index contributed by atoms with van der Waals surface area (Å²) in [6.45, 7) is 2.70. The van der Waals surface area contributed by atoms with Crippen LogP contribution in [0.15, 0.2) is 6.33 Å². The molecular weight excluding hydrogens is 290 g/mol. The van der Waals surface area contributed by atoms with Gasteiger partial charge in [-0.1, -0.05) is 11.6 Å². The average Bonchev–Trinajstić information content (AvgIpc) is 2.79. The van der Waals surface area contributed by atoms with Crippen molar-refractivity contribution >= 4 is 33.0 Å². The van der Waals surface area contributed by atoms with Crippen LogP contribution in [0.25, 0.3) is 5.78 Å². The first-order chi connectivity index (χ1) is 8.98. The molecule has 3 rings (SSSR count). The van der Waals surface area contributed by atoms with Crippen LogP contribution in [0.1, 0.15) is 5.56 Å². The topological polar surface area (TPSA) is 80.5 Å². The van der Waals surface area contributed by atoms with Gasteiger partial charge in [0.1, 0.15) is 17.3 Å². The first-order valence-electron chi connectivity index (χ1n) is 5.79. The molecule has 1 aliphatic heterocycles. The zero-order valence-electron chi connectivity index (χ0n) is 10.2. The Hall–Kier alpha value is -1.41. The van der Waals surface area contributed by atoms with Gasteiger partial charge >= 0.3 is 0 Å². The quantitative estimate of drug-likeness (QED) is 0.706. The molecule has 0 saturated carbocycles. The number of hydrogen-bond acceptors (Lipinski definition) is 6. The van der Waals surface area contributed by atoms with Crippen molar-refractivity contribution in [1.82, 2.24) is 19.6 Å². The Morgan fingerprint density at radius 2 is 2.00 bits per heavy atom. The lowest BCUT2D eigenvalue weighted by molar-refractivity contribution is 0.585. The van der Waals surface area contributed by atoms with Crippen LogP contribution in [0, 0.1) is 6.92 Å². The Morgan fingerprint density at radius 1 is 1.32 bits per heavy atom. The van der Waals surface area contributed by atoms with Crippen molar-refractivity contribution in [3.05, 3.63) is 17.0 Å². The first kappa shape index (κ1) is 12.6. The number of halogens is 1. The van der Waals surface area contributed by atoms with Gasteiger partial charge < -0.3 is 4.90 Å². The lowest BCUT2D eigenvalue weighted by Gasteiger charge is -2.29. The highest BCUT2D eigenvalue weighted by atomic mass is 35.5. The third kappa shape index (κ3) is 2.14. The Morgan fingerprint density at radius 3 is 2.68 bits per heavy atom. The molecule has 0 bridgehead atoms. The maximum absolute atomic E-state index is 11.5. The van der Waals surface area contributed by atoms with Gasteiger partial charge in [0.2, 0.25) is 0 Å². The van der Waals surface area contributed by atoms with E-state index in [0.29, 0.717) is 24.0 Å². The first-order valence-corrected chi connectivity index (χ1v) is 7.99. The van der Waals surface area contributed by atoms with Gasteiger partial charge in [-0.05, 0) is 6.92 Å². The Balaban J connectivity index is 2.09. The Labute approximate surface area is 115 Å². The molecule has 19 heavy (non-hydrogen) atoms. The third-order valence-electron chi connectivity index (χ3n) is 3.22. The molecule has 1 aliphatic rings. The van der Waals surface area contributed by atoms with Gasteiger partial charge in [0.25, 0.3) is 5.78 Å². The van der Waals surface area contributed by atoms with E-state index in [1.165, 1.54) is 6.33 Å². The zero-order valence-corrected chi connectivity index (χ0v) is 11.8. The minimum atomic E-state index is -2.92. The van der Waals surface area contributed by atoms with Crippen LogP contribution >= 0.6 is 11.6 Å². The Bertz CT molecular complexity index is 728. The minimum Gasteiger partial charge on any atom is -0.354 e. The molecule has 102 valence electrons. The maximum atomic E-state index is 11.5. The van der Waals surface area contributed by atoms with E-state index >= 15 is 0 Å². The summed E-state index contributed by atoms with van der Waals surface area (Å²) in [5.74, 6) is 1.46. The molecule has 2 aromatic rings. The Kier molecular flexibility index (Phi) is 2.86. The van der Waals surface area contributed by atoms with Crippen molar-refractivity contribution in [3.8, 4) is 0 Å². The highest BCUT2D eigenvalue weighted by molar-refractivity contribution is 7.91. The van der Waals surface area contributed by atoms with Crippen LogP contribution < -0.4 is 4.90 Å². The molecule has 1 fully saturated rings. The normalized spacial score (nSPS) is 18.9. The van der Waals surface area contributed by atoms with Gasteiger partial charge in [0, 0.05) is 18.7 Å². The van der Waals surface area contributed by atoms with Gasteiger partial charge in [-0.15, -0.1) is 0 Å². The van der Waals surface area contributed by atoms with Crippen LogP contribution in [0.3, 0.4) is 0 Å². The van der Waals surface area contributed by atoms with Crippen molar-refractivity contribution in [2.45, 2.75) is 6.92 Å². The van der Waals surface area contributed by atoms with Crippen LogP contribution in [-0.4, -0.2) is 52.6 Å². The van der Waals surface area contributed by atoms with Crippen molar-refractivity contribution in [3.63, 3.8) is 0 Å². The molecule has 2 aromatic heterocycles. The van der Waals surface area contributed by atoms with E-state index in [4.69, 9.17) is 11.6 Å². The standard InChI is InChI=1S/C10H12ClN5O2S/c1-7-8(11)14-10-12-6-13-16(10)9(7)15-2-4-19(17,18)5-3-15/h6H,2-5H2,1H3. The summed E-state index contributed by atoms with van der Waals surface area (Å²) in [7, 11) is -2.92. The van der Waals surface area contributed by atoms with Gasteiger partial charge in [0.15, 0.2) is 9.84 Å². The summed E-state index contributed by atoms with van der Waals surface area (Å²) in [5, 5.41) is 4.49. The molecule has 0 unspecified atom stereocenters. The minimum absolute atomic E-state index is 0.141. The predicted octanol–water partition coefficient (Wildman–Crippen LogP) is 0.321. The van der Waals surface area contributed by atoms with E-state index in [0.717, 1.165) is 11.4 Å². The number of rotatable bonds is 1. The highest BCUT2D eigenvalue weighted by Gasteiger charge is 2.26. The summed E-state index contributed by atoms with van der Waals surface area (Å²) in [6.07, 6.45) is 1.41. The number of aromatic nitrogens is 4. The molecule has 0 spiro atoms. The molecule has 0 aliphatic carbocycles. The molecule has 9 heteroatoms. The maximum Gasteiger partial charge on any atom is 0.255 e. The van der Waals surface area contributed by atoms with E-state index in [-0.39, 0.29) is 11.5 Å². The molecule has 0 atom stereocenters. The number of hydrogen-bond donors (Lipinski definition) is 0. The van der Waals surface area contributed by atoms with E-state index in [1.807, 2.05) is 11.8 Å². The summed E-state index contributed by atoms with van der Waals surface area (Å²) < 4.78 is 24.6. The molecule has 1 saturated heterocycles. The van der Waals surface area contributed by atoms with Crippen LogP contribution in [0.2, 0.25) is 5.15 Å². The van der Waals surface area contributed by atoms with E-state index in [9.17, 15) is 8.42 Å². The van der Waals surface area contributed by atoms with Gasteiger partial charge in [0.05, 0.1) is 11.5 Å². The number of nitrogens with zero attached hydrogens (tertiary/aromatic N) is 5. The fraction of sp³-hybridized carbons (Fsp3) is 0.500. The van der Waals surface area contributed by atoms with Gasteiger partial charge in [-0.2, -0.15) is 19.6 Å². The largest absolute Gasteiger partial charge is 0.354 e. The highest BCUT2D eigenvalue weighted by Crippen LogP contribution is 2.26. The summed E-state index contributed by atoms with van der Waals surface area (Å²) in [4.78, 5) is 10.1. The second kappa shape index (κ2) is 4.31. The van der Waals surface area contributed by atoms with Crippen molar-refractivity contribution in [2.75, 3.05) is 29.5 Å². The van der Waals surface area contributed by atoms with E-state index in [1.54, 1.807) is 4.52 Å². The van der Waals surface area contributed by atoms with E-state index in [2.05, 4.69) is 15.1 Å². The second-order valence-electron chi connectivity index (χ2n) is 4.46. The van der Waals surface area contributed by atoms with Crippen LogP contribution in [0.5, 0.6) is 0 Å². The molecule has 3 heterocycles. The summed E-state index contributed by atoms with van der Waals surface area (Å²) in [5.41, 5.74) is 0.777. The number of sulfone groups is 1. The molecule has 0 aromatic carbocycles. The van der Waals surface area contributed by atoms with Crippen molar-refractivity contribution in [2.24, 2.45) is 0 Å². The molecular formula is C10H12ClN5O2S. The lowest BCUT2D eigenvalue weighted by atomic mass is 10.3. The fourth-order valence-corrected chi connectivity index (χ4v) is 3.54. The SMILES string of the molecule is Cc1c(Cl)nc2ncnn2c1N1CCS(=O)(=O)CC1. The van der Waals surface area contributed by atoms with Gasteiger partial charge in [-0.25, -0.2) is 8.42 Å². The molecule has 7 nitrogen and oxygen atoms in total. The molecule has 0 radical (unpaired) electrons. The van der Waals surface area contributed by atoms with Crippen molar-refractivity contribution in [1.29, 1.82) is 0 Å². The monoisotopic (exact) mass is 301 g/mol.